The average molecular weight is 709 g/mol. The summed E-state index contributed by atoms with van der Waals surface area (Å²) in [6, 6.07) is 12.4. The number of carbonyl (C=O) groups is 2. The van der Waals surface area contributed by atoms with Gasteiger partial charge in [0.05, 0.1) is 13.2 Å². The fourth-order valence-electron chi connectivity index (χ4n) is 5.15. The van der Waals surface area contributed by atoms with E-state index in [1.165, 1.54) is 24.3 Å². The van der Waals surface area contributed by atoms with Gasteiger partial charge in [-0.1, -0.05) is 38.1 Å². The van der Waals surface area contributed by atoms with Crippen molar-refractivity contribution in [2.24, 2.45) is 5.92 Å². The van der Waals surface area contributed by atoms with Gasteiger partial charge in [-0.15, -0.1) is 0 Å². The van der Waals surface area contributed by atoms with Gasteiger partial charge in [0.1, 0.15) is 73.5 Å². The van der Waals surface area contributed by atoms with Crippen molar-refractivity contribution in [3.05, 3.63) is 71.3 Å². The lowest BCUT2D eigenvalue weighted by atomic mass is 9.99. The molecule has 8 N–H and O–H groups in total. The second-order valence-electron chi connectivity index (χ2n) is 12.4. The number of ether oxygens (including phenoxy) is 6. The maximum Gasteiger partial charge on any atom is 0.334 e. The van der Waals surface area contributed by atoms with E-state index in [4.69, 9.17) is 28.4 Å². The highest BCUT2D eigenvalue weighted by Crippen LogP contribution is 2.26. The van der Waals surface area contributed by atoms with Gasteiger partial charge in [0.15, 0.2) is 0 Å². The first kappa shape index (κ1) is 39.1. The summed E-state index contributed by atoms with van der Waals surface area (Å²) in [5.41, 5.74) is 1.25. The number of rotatable bonds is 14. The van der Waals surface area contributed by atoms with Crippen molar-refractivity contribution in [1.29, 1.82) is 0 Å². The molecule has 2 heterocycles. The fourth-order valence-corrected chi connectivity index (χ4v) is 5.15. The predicted molar refractivity (Wildman–Crippen MR) is 169 cm³/mol. The average Bonchev–Trinajstić information content (AvgIpc) is 3.10. The highest BCUT2D eigenvalue weighted by atomic mass is 16.7. The van der Waals surface area contributed by atoms with Crippen molar-refractivity contribution in [2.45, 2.75) is 94.9 Å². The third-order valence-corrected chi connectivity index (χ3v) is 7.98. The molecule has 0 spiro atoms. The van der Waals surface area contributed by atoms with Gasteiger partial charge in [0.25, 0.3) is 0 Å². The van der Waals surface area contributed by atoms with Crippen molar-refractivity contribution in [1.82, 2.24) is 0 Å². The molecular formula is C34H44O16. The van der Waals surface area contributed by atoms with Crippen molar-refractivity contribution < 1.29 is 78.9 Å². The smallest absolute Gasteiger partial charge is 0.334 e. The molecule has 2 fully saturated rings. The molecule has 0 radical (unpaired) electrons. The van der Waals surface area contributed by atoms with Crippen LogP contribution in [-0.2, 0) is 41.8 Å². The number of esters is 2. The first-order valence-electron chi connectivity index (χ1n) is 16.0. The molecule has 2 aromatic rings. The summed E-state index contributed by atoms with van der Waals surface area (Å²) in [7, 11) is 0. The van der Waals surface area contributed by atoms with Crippen LogP contribution in [0.2, 0.25) is 0 Å². The molecule has 276 valence electrons. The third kappa shape index (κ3) is 10.2. The van der Waals surface area contributed by atoms with E-state index in [0.717, 1.165) is 6.08 Å². The van der Waals surface area contributed by atoms with Gasteiger partial charge >= 0.3 is 11.9 Å². The zero-order valence-electron chi connectivity index (χ0n) is 27.4. The molecule has 2 aromatic carbocycles. The van der Waals surface area contributed by atoms with Gasteiger partial charge in [-0.2, -0.15) is 0 Å². The first-order chi connectivity index (χ1) is 23.8. The molecule has 4 rings (SSSR count). The molecule has 16 heteroatoms. The molecule has 0 aliphatic carbocycles. The van der Waals surface area contributed by atoms with E-state index < -0.39 is 86.6 Å². The Morgan fingerprint density at radius 1 is 0.660 bits per heavy atom. The van der Waals surface area contributed by atoms with Gasteiger partial charge < -0.3 is 69.3 Å². The van der Waals surface area contributed by atoms with Crippen LogP contribution in [-0.4, -0.2) is 127 Å². The monoisotopic (exact) mass is 708 g/mol. The van der Waals surface area contributed by atoms with Gasteiger partial charge in [0.2, 0.25) is 12.6 Å². The predicted octanol–water partition coefficient (Wildman–Crippen LogP) is -1.20. The van der Waals surface area contributed by atoms with E-state index in [2.05, 4.69) is 0 Å². The molecule has 2 saturated heterocycles. The van der Waals surface area contributed by atoms with E-state index >= 15 is 0 Å². The zero-order valence-corrected chi connectivity index (χ0v) is 27.4. The molecule has 16 nitrogen and oxygen atoms in total. The minimum absolute atomic E-state index is 0.0108. The summed E-state index contributed by atoms with van der Waals surface area (Å²) in [4.78, 5) is 25.6. The van der Waals surface area contributed by atoms with Crippen LogP contribution in [0.3, 0.4) is 0 Å². The van der Waals surface area contributed by atoms with Crippen LogP contribution < -0.4 is 9.47 Å². The van der Waals surface area contributed by atoms with E-state index in [-0.39, 0.29) is 42.6 Å². The maximum atomic E-state index is 12.9. The number of hydrogen-bond donors (Lipinski definition) is 8. The lowest BCUT2D eigenvalue weighted by Crippen LogP contribution is -2.60. The van der Waals surface area contributed by atoms with Crippen molar-refractivity contribution in [3.63, 3.8) is 0 Å². The van der Waals surface area contributed by atoms with Crippen molar-refractivity contribution in [2.75, 3.05) is 13.2 Å². The summed E-state index contributed by atoms with van der Waals surface area (Å²) < 4.78 is 32.5. The molecule has 0 bridgehead atoms. The highest BCUT2D eigenvalue weighted by Gasteiger charge is 2.45. The molecule has 0 aromatic heterocycles. The molecule has 0 saturated carbocycles. The quantitative estimate of drug-likeness (QED) is 0.0848. The first-order valence-corrected chi connectivity index (χ1v) is 16.0. The van der Waals surface area contributed by atoms with Crippen LogP contribution in [0.1, 0.15) is 31.4 Å². The molecule has 2 aliphatic rings. The van der Waals surface area contributed by atoms with E-state index in [0.29, 0.717) is 11.1 Å². The number of benzene rings is 2. The van der Waals surface area contributed by atoms with Gasteiger partial charge in [-0.25, -0.2) is 9.59 Å². The third-order valence-electron chi connectivity index (χ3n) is 7.98. The zero-order chi connectivity index (χ0) is 36.5. The normalized spacial score (nSPS) is 30.1. The Balaban J connectivity index is 1.27. The summed E-state index contributed by atoms with van der Waals surface area (Å²) in [6.45, 7) is 2.27. The van der Waals surface area contributed by atoms with Crippen molar-refractivity contribution >= 4 is 11.9 Å². The lowest BCUT2D eigenvalue weighted by Gasteiger charge is -2.39. The Labute approximate surface area is 287 Å². The summed E-state index contributed by atoms with van der Waals surface area (Å²) >= 11 is 0. The number of carbonyl (C=O) groups excluding carboxylic acids is 2. The van der Waals surface area contributed by atoms with Crippen LogP contribution in [0.5, 0.6) is 11.5 Å². The molecular weight excluding hydrogens is 664 g/mol. The van der Waals surface area contributed by atoms with Crippen LogP contribution in [0, 0.1) is 5.92 Å². The molecule has 10 atom stereocenters. The standard InChI is InChI=1S/C34H44O16/c1-17(2)11-20(32(44)46-16-19-5-9-22(10-6-19)48-34-31(43)29(41)27(39)24(14-36)50-34)12-25(37)45-15-18-3-7-21(8-4-18)47-33-30(42)28(40)26(38)23(13-35)49-33/h3-10,12,17,23-24,26-31,33-36,38-43H,11,13-16H2,1-2H3/b20-12-/t23-,24-,26-,27-,28+,29+,30-,31-,33-,34-/m1/s1. The highest BCUT2D eigenvalue weighted by molar-refractivity contribution is 5.96. The molecule has 0 amide bonds. The Hall–Kier alpha value is -3.68. The lowest BCUT2D eigenvalue weighted by molar-refractivity contribution is -0.277. The number of aliphatic hydroxyl groups is 8. The van der Waals surface area contributed by atoms with Gasteiger partial charge in [-0.3, -0.25) is 0 Å². The molecule has 0 unspecified atom stereocenters. The second kappa shape index (κ2) is 18.0. The Morgan fingerprint density at radius 2 is 1.08 bits per heavy atom. The minimum Gasteiger partial charge on any atom is -0.462 e. The summed E-state index contributed by atoms with van der Waals surface area (Å²) in [5.74, 6) is -0.997. The van der Waals surface area contributed by atoms with Crippen LogP contribution >= 0.6 is 0 Å². The fraction of sp³-hybridized carbons (Fsp3) is 0.529. The SMILES string of the molecule is CC(C)C/C(=C/C(=O)OCc1ccc(O[C@@H]2O[C@H](CO)[C@@H](O)[C@H](O)[C@H]2O)cc1)C(=O)OCc1ccc(O[C@@H]2O[C@H](CO)[C@@H](O)[C@H](O)[C@H]2O)cc1. The Kier molecular flexibility index (Phi) is 14.1. The topological polar surface area (TPSA) is 251 Å². The number of hydrogen-bond acceptors (Lipinski definition) is 16. The van der Waals surface area contributed by atoms with Crippen LogP contribution in [0.25, 0.3) is 0 Å². The van der Waals surface area contributed by atoms with Crippen LogP contribution in [0.15, 0.2) is 60.2 Å². The van der Waals surface area contributed by atoms with E-state index in [1.807, 2.05) is 13.8 Å². The van der Waals surface area contributed by atoms with E-state index in [9.17, 15) is 50.4 Å². The Bertz CT molecular complexity index is 1410. The maximum absolute atomic E-state index is 12.9. The summed E-state index contributed by atoms with van der Waals surface area (Å²) in [6.07, 6.45) is -13.0. The van der Waals surface area contributed by atoms with Crippen LogP contribution in [0.4, 0.5) is 0 Å². The number of aliphatic hydroxyl groups excluding tert-OH is 8. The van der Waals surface area contributed by atoms with Crippen molar-refractivity contribution in [3.8, 4) is 11.5 Å². The largest absolute Gasteiger partial charge is 0.462 e. The van der Waals surface area contributed by atoms with Gasteiger partial charge in [-0.05, 0) is 47.7 Å². The van der Waals surface area contributed by atoms with E-state index in [1.54, 1.807) is 24.3 Å². The molecule has 50 heavy (non-hydrogen) atoms. The molecule has 2 aliphatic heterocycles. The summed E-state index contributed by atoms with van der Waals surface area (Å²) in [5, 5.41) is 78.7. The second-order valence-corrected chi connectivity index (χ2v) is 12.4. The van der Waals surface area contributed by atoms with Gasteiger partial charge in [0, 0.05) is 11.6 Å². The minimum atomic E-state index is -1.59. The Morgan fingerprint density at radius 3 is 1.48 bits per heavy atom.